The lowest BCUT2D eigenvalue weighted by Gasteiger charge is -2.08. The SMILES string of the molecule is N#Cc1c(-c2cccc([N+](=O)[O-])c2)cc(-c2ccc(Br)cc2)[nH]c1=O. The molecule has 0 spiro atoms. The number of aromatic amines is 1. The third kappa shape index (κ3) is 3.34. The number of nitro benzene ring substituents is 1. The highest BCUT2D eigenvalue weighted by Gasteiger charge is 2.15. The van der Waals surface area contributed by atoms with Crippen LogP contribution in [0.4, 0.5) is 5.69 Å². The average molecular weight is 396 g/mol. The first-order chi connectivity index (χ1) is 12.0. The van der Waals surface area contributed by atoms with Crippen LogP contribution >= 0.6 is 15.9 Å². The highest BCUT2D eigenvalue weighted by molar-refractivity contribution is 9.10. The van der Waals surface area contributed by atoms with Crippen molar-refractivity contribution in [3.63, 3.8) is 0 Å². The van der Waals surface area contributed by atoms with Crippen LogP contribution in [0, 0.1) is 21.4 Å². The van der Waals surface area contributed by atoms with Gasteiger partial charge in [-0.15, -0.1) is 0 Å². The molecule has 2 aromatic carbocycles. The van der Waals surface area contributed by atoms with Crippen LogP contribution in [0.15, 0.2) is 63.9 Å². The first kappa shape index (κ1) is 16.6. The van der Waals surface area contributed by atoms with Crippen molar-refractivity contribution in [2.45, 2.75) is 0 Å². The molecule has 0 unspecified atom stereocenters. The first-order valence-electron chi connectivity index (χ1n) is 7.18. The fraction of sp³-hybridized carbons (Fsp3) is 0. The summed E-state index contributed by atoms with van der Waals surface area (Å²) in [7, 11) is 0. The maximum absolute atomic E-state index is 12.3. The van der Waals surface area contributed by atoms with Gasteiger partial charge in [0.1, 0.15) is 11.6 Å². The number of nitrogens with one attached hydrogen (secondary N) is 1. The number of H-pyrrole nitrogens is 1. The van der Waals surface area contributed by atoms with E-state index in [-0.39, 0.29) is 11.3 Å². The summed E-state index contributed by atoms with van der Waals surface area (Å²) in [6, 6.07) is 16.7. The van der Waals surface area contributed by atoms with E-state index in [9.17, 15) is 20.2 Å². The number of non-ortho nitro benzene ring substituents is 1. The largest absolute Gasteiger partial charge is 0.321 e. The summed E-state index contributed by atoms with van der Waals surface area (Å²) in [6.45, 7) is 0. The number of benzene rings is 2. The van der Waals surface area contributed by atoms with Gasteiger partial charge in [-0.3, -0.25) is 14.9 Å². The van der Waals surface area contributed by atoms with Crippen LogP contribution in [0.2, 0.25) is 0 Å². The fourth-order valence-corrected chi connectivity index (χ4v) is 2.73. The summed E-state index contributed by atoms with van der Waals surface area (Å²) in [5, 5.41) is 20.3. The number of hydrogen-bond acceptors (Lipinski definition) is 4. The highest BCUT2D eigenvalue weighted by atomic mass is 79.9. The van der Waals surface area contributed by atoms with Crippen LogP contribution in [0.1, 0.15) is 5.56 Å². The number of pyridine rings is 1. The molecule has 25 heavy (non-hydrogen) atoms. The second kappa shape index (κ2) is 6.71. The molecule has 6 nitrogen and oxygen atoms in total. The van der Waals surface area contributed by atoms with Gasteiger partial charge in [0.15, 0.2) is 0 Å². The molecular weight excluding hydrogens is 386 g/mol. The van der Waals surface area contributed by atoms with Gasteiger partial charge in [-0.25, -0.2) is 0 Å². The quantitative estimate of drug-likeness (QED) is 0.528. The molecule has 0 aliphatic heterocycles. The fourth-order valence-electron chi connectivity index (χ4n) is 2.47. The van der Waals surface area contributed by atoms with Crippen molar-refractivity contribution in [3.8, 4) is 28.5 Å². The lowest BCUT2D eigenvalue weighted by Crippen LogP contribution is -2.12. The summed E-state index contributed by atoms with van der Waals surface area (Å²) in [4.78, 5) is 25.5. The van der Waals surface area contributed by atoms with Gasteiger partial charge >= 0.3 is 0 Å². The smallest absolute Gasteiger partial charge is 0.270 e. The second-order valence-electron chi connectivity index (χ2n) is 5.23. The minimum Gasteiger partial charge on any atom is -0.321 e. The van der Waals surface area contributed by atoms with E-state index in [0.717, 1.165) is 10.0 Å². The zero-order valence-corrected chi connectivity index (χ0v) is 14.3. The monoisotopic (exact) mass is 395 g/mol. The van der Waals surface area contributed by atoms with Crippen LogP contribution in [-0.2, 0) is 0 Å². The van der Waals surface area contributed by atoms with E-state index in [1.165, 1.54) is 18.2 Å². The highest BCUT2D eigenvalue weighted by Crippen LogP contribution is 2.29. The number of rotatable bonds is 3. The van der Waals surface area contributed by atoms with E-state index < -0.39 is 10.5 Å². The molecule has 122 valence electrons. The van der Waals surface area contributed by atoms with Crippen LogP contribution in [0.3, 0.4) is 0 Å². The molecule has 0 fully saturated rings. The Morgan fingerprint density at radius 3 is 2.44 bits per heavy atom. The number of hydrogen-bond donors (Lipinski definition) is 1. The van der Waals surface area contributed by atoms with Crippen molar-refractivity contribution in [1.82, 2.24) is 4.98 Å². The Hall–Kier alpha value is -3.24. The van der Waals surface area contributed by atoms with Crippen molar-refractivity contribution < 1.29 is 4.92 Å². The third-order valence-corrected chi connectivity index (χ3v) is 4.20. The summed E-state index contributed by atoms with van der Waals surface area (Å²) in [5.74, 6) is 0. The molecular formula is C18H10BrN3O3. The molecule has 0 saturated heterocycles. The molecule has 0 aliphatic rings. The number of aromatic nitrogens is 1. The number of nitriles is 1. The van der Waals surface area contributed by atoms with Crippen molar-refractivity contribution in [2.24, 2.45) is 0 Å². The summed E-state index contributed by atoms with van der Waals surface area (Å²) >= 11 is 3.35. The average Bonchev–Trinajstić information content (AvgIpc) is 2.61. The molecule has 7 heteroatoms. The summed E-state index contributed by atoms with van der Waals surface area (Å²) in [5.41, 5.74) is 1.36. The zero-order valence-electron chi connectivity index (χ0n) is 12.7. The molecule has 1 N–H and O–H groups in total. The molecule has 0 radical (unpaired) electrons. The molecule has 0 saturated carbocycles. The van der Waals surface area contributed by atoms with Gasteiger partial charge in [0.2, 0.25) is 0 Å². The molecule has 0 bridgehead atoms. The maximum atomic E-state index is 12.3. The maximum Gasteiger partial charge on any atom is 0.270 e. The van der Waals surface area contributed by atoms with Crippen molar-refractivity contribution in [2.75, 3.05) is 0 Å². The molecule has 3 aromatic rings. The number of nitro groups is 1. The van der Waals surface area contributed by atoms with Gasteiger partial charge in [0, 0.05) is 27.9 Å². The predicted molar refractivity (Wildman–Crippen MR) is 97.0 cm³/mol. The predicted octanol–water partition coefficient (Wildman–Crippen LogP) is 4.25. The Bertz CT molecular complexity index is 1070. The van der Waals surface area contributed by atoms with Gasteiger partial charge in [0.25, 0.3) is 11.2 Å². The third-order valence-electron chi connectivity index (χ3n) is 3.67. The Kier molecular flexibility index (Phi) is 4.46. The van der Waals surface area contributed by atoms with Crippen molar-refractivity contribution >= 4 is 21.6 Å². The van der Waals surface area contributed by atoms with E-state index in [1.54, 1.807) is 12.1 Å². The molecule has 0 aliphatic carbocycles. The van der Waals surface area contributed by atoms with Gasteiger partial charge in [-0.05, 0) is 29.3 Å². The minimum atomic E-state index is -0.538. The molecule has 3 rings (SSSR count). The summed E-state index contributed by atoms with van der Waals surface area (Å²) < 4.78 is 0.895. The summed E-state index contributed by atoms with van der Waals surface area (Å²) in [6.07, 6.45) is 0. The lowest BCUT2D eigenvalue weighted by molar-refractivity contribution is -0.384. The molecule has 0 amide bonds. The van der Waals surface area contributed by atoms with Crippen molar-refractivity contribution in [1.29, 1.82) is 5.26 Å². The first-order valence-corrected chi connectivity index (χ1v) is 7.97. The van der Waals surface area contributed by atoms with E-state index in [0.29, 0.717) is 16.8 Å². The Labute approximate surface area is 150 Å². The second-order valence-corrected chi connectivity index (χ2v) is 6.14. The van der Waals surface area contributed by atoms with Gasteiger partial charge < -0.3 is 4.98 Å². The van der Waals surface area contributed by atoms with Gasteiger partial charge in [0.05, 0.1) is 4.92 Å². The number of nitrogens with zero attached hydrogens (tertiary/aromatic N) is 2. The van der Waals surface area contributed by atoms with E-state index in [4.69, 9.17) is 0 Å². The van der Waals surface area contributed by atoms with Crippen LogP contribution in [0.25, 0.3) is 22.4 Å². The standard InChI is InChI=1S/C18H10BrN3O3/c19-13-6-4-11(5-7-13)17-9-15(16(10-20)18(23)21-17)12-2-1-3-14(8-12)22(24)25/h1-9H,(H,21,23). The molecule has 0 atom stereocenters. The van der Waals surface area contributed by atoms with E-state index in [1.807, 2.05) is 30.3 Å². The molecule has 1 heterocycles. The Morgan fingerprint density at radius 2 is 1.80 bits per heavy atom. The van der Waals surface area contributed by atoms with Crippen LogP contribution < -0.4 is 5.56 Å². The van der Waals surface area contributed by atoms with E-state index >= 15 is 0 Å². The zero-order chi connectivity index (χ0) is 18.0. The van der Waals surface area contributed by atoms with Gasteiger partial charge in [-0.1, -0.05) is 40.2 Å². The molecule has 1 aromatic heterocycles. The lowest BCUT2D eigenvalue weighted by atomic mass is 9.99. The van der Waals surface area contributed by atoms with Crippen molar-refractivity contribution in [3.05, 3.63) is 85.1 Å². The van der Waals surface area contributed by atoms with Crippen LogP contribution in [0.5, 0.6) is 0 Å². The van der Waals surface area contributed by atoms with Gasteiger partial charge in [-0.2, -0.15) is 5.26 Å². The topological polar surface area (TPSA) is 99.8 Å². The Morgan fingerprint density at radius 1 is 1.08 bits per heavy atom. The number of halogens is 1. The minimum absolute atomic E-state index is 0.0821. The van der Waals surface area contributed by atoms with Crippen LogP contribution in [-0.4, -0.2) is 9.91 Å². The van der Waals surface area contributed by atoms with E-state index in [2.05, 4.69) is 20.9 Å². The normalized spacial score (nSPS) is 10.2. The Balaban J connectivity index is 2.23.